The molecule has 2 heterocycles. The lowest BCUT2D eigenvalue weighted by Gasteiger charge is -2.25. The number of amides is 2. The van der Waals surface area contributed by atoms with Gasteiger partial charge in [-0.2, -0.15) is 0 Å². The average Bonchev–Trinajstić information content (AvgIpc) is 3.18. The molecule has 5 heteroatoms. The maximum Gasteiger partial charge on any atom is 0.228 e. The number of nitrogens with two attached hydrogens (primary N) is 1. The lowest BCUT2D eigenvalue weighted by molar-refractivity contribution is -0.135. The van der Waals surface area contributed by atoms with Crippen molar-refractivity contribution in [2.24, 2.45) is 11.7 Å². The van der Waals surface area contributed by atoms with Gasteiger partial charge in [0.1, 0.15) is 0 Å². The van der Waals surface area contributed by atoms with Gasteiger partial charge < -0.3 is 15.5 Å². The molecular weight excluding hydrogens is 314 g/mol. The molecule has 2 fully saturated rings. The summed E-state index contributed by atoms with van der Waals surface area (Å²) < 4.78 is 0. The van der Waals surface area contributed by atoms with Crippen LogP contribution < -0.4 is 5.73 Å². The summed E-state index contributed by atoms with van der Waals surface area (Å²) >= 11 is 0. The van der Waals surface area contributed by atoms with Gasteiger partial charge in [-0.05, 0) is 18.9 Å². The van der Waals surface area contributed by atoms with Crippen LogP contribution in [0.2, 0.25) is 0 Å². The van der Waals surface area contributed by atoms with Crippen molar-refractivity contribution in [3.63, 3.8) is 0 Å². The van der Waals surface area contributed by atoms with E-state index in [1.165, 1.54) is 5.56 Å². The first-order valence-corrected chi connectivity index (χ1v) is 9.40. The summed E-state index contributed by atoms with van der Waals surface area (Å²) in [6.07, 6.45) is 2.37. The monoisotopic (exact) mass is 343 g/mol. The van der Waals surface area contributed by atoms with Gasteiger partial charge in [-0.3, -0.25) is 9.59 Å². The Morgan fingerprint density at radius 1 is 1.24 bits per heavy atom. The molecule has 3 rings (SSSR count). The van der Waals surface area contributed by atoms with E-state index in [9.17, 15) is 9.59 Å². The molecule has 0 spiro atoms. The molecular formula is C20H29N3O2. The zero-order chi connectivity index (χ0) is 18.0. The number of carbonyl (C=O) groups is 2. The first kappa shape index (κ1) is 17.9. The lowest BCUT2D eigenvalue weighted by Crippen LogP contribution is -2.39. The highest BCUT2D eigenvalue weighted by Crippen LogP contribution is 2.30. The van der Waals surface area contributed by atoms with E-state index in [2.05, 4.69) is 26.0 Å². The smallest absolute Gasteiger partial charge is 0.228 e. The lowest BCUT2D eigenvalue weighted by atomic mass is 9.95. The van der Waals surface area contributed by atoms with Crippen molar-refractivity contribution >= 4 is 11.8 Å². The van der Waals surface area contributed by atoms with Crippen LogP contribution in [0.1, 0.15) is 44.6 Å². The number of hydrogen-bond acceptors (Lipinski definition) is 3. The van der Waals surface area contributed by atoms with E-state index in [1.54, 1.807) is 0 Å². The number of benzene rings is 1. The molecule has 0 aromatic heterocycles. The van der Waals surface area contributed by atoms with E-state index in [4.69, 9.17) is 5.73 Å². The van der Waals surface area contributed by atoms with Crippen molar-refractivity contribution in [3.8, 4) is 0 Å². The molecule has 25 heavy (non-hydrogen) atoms. The SMILES string of the molecule is CCCC(C)N1CC(C(=O)N2C[C@@H](N)[C@H](c3ccccc3)C2)CC1=O. The molecule has 1 aromatic carbocycles. The normalized spacial score (nSPS) is 27.8. The van der Waals surface area contributed by atoms with Gasteiger partial charge in [-0.15, -0.1) is 0 Å². The fourth-order valence-corrected chi connectivity index (χ4v) is 4.22. The quantitative estimate of drug-likeness (QED) is 0.889. The standard InChI is InChI=1S/C20H29N3O2/c1-3-7-14(2)23-11-16(10-19(23)24)20(25)22-12-17(18(21)13-22)15-8-5-4-6-9-15/h4-6,8-9,14,16-18H,3,7,10-13,21H2,1-2H3/t14?,16?,17-,18+/m0/s1. The summed E-state index contributed by atoms with van der Waals surface area (Å²) in [6, 6.07) is 10.3. The molecule has 2 unspecified atom stereocenters. The Kier molecular flexibility index (Phi) is 5.42. The third kappa shape index (κ3) is 3.71. The second-order valence-corrected chi connectivity index (χ2v) is 7.51. The molecule has 0 saturated carbocycles. The second-order valence-electron chi connectivity index (χ2n) is 7.51. The molecule has 5 nitrogen and oxygen atoms in total. The fraction of sp³-hybridized carbons (Fsp3) is 0.600. The fourth-order valence-electron chi connectivity index (χ4n) is 4.22. The molecule has 2 amide bonds. The van der Waals surface area contributed by atoms with E-state index in [1.807, 2.05) is 28.0 Å². The second kappa shape index (κ2) is 7.56. The molecule has 1 aromatic rings. The van der Waals surface area contributed by atoms with Gasteiger partial charge in [0.2, 0.25) is 11.8 Å². The van der Waals surface area contributed by atoms with Crippen LogP contribution in [0.3, 0.4) is 0 Å². The molecule has 2 aliphatic heterocycles. The minimum Gasteiger partial charge on any atom is -0.340 e. The van der Waals surface area contributed by atoms with Crippen molar-refractivity contribution < 1.29 is 9.59 Å². The Bertz CT molecular complexity index is 619. The van der Waals surface area contributed by atoms with Gasteiger partial charge in [0.05, 0.1) is 5.92 Å². The van der Waals surface area contributed by atoms with Gasteiger partial charge >= 0.3 is 0 Å². The third-order valence-electron chi connectivity index (χ3n) is 5.65. The largest absolute Gasteiger partial charge is 0.340 e. The van der Waals surface area contributed by atoms with E-state index >= 15 is 0 Å². The molecule has 136 valence electrons. The molecule has 4 atom stereocenters. The average molecular weight is 343 g/mol. The molecule has 0 radical (unpaired) electrons. The van der Waals surface area contributed by atoms with Crippen LogP contribution in [0.15, 0.2) is 30.3 Å². The third-order valence-corrected chi connectivity index (χ3v) is 5.65. The van der Waals surface area contributed by atoms with E-state index < -0.39 is 0 Å². The maximum absolute atomic E-state index is 12.9. The van der Waals surface area contributed by atoms with Crippen molar-refractivity contribution in [1.82, 2.24) is 9.80 Å². The van der Waals surface area contributed by atoms with Gasteiger partial charge in [-0.25, -0.2) is 0 Å². The number of likely N-dealkylation sites (tertiary alicyclic amines) is 2. The first-order chi connectivity index (χ1) is 12.0. The van der Waals surface area contributed by atoms with Crippen LogP contribution in [0.5, 0.6) is 0 Å². The topological polar surface area (TPSA) is 66.6 Å². The number of nitrogens with zero attached hydrogens (tertiary/aromatic N) is 2. The van der Waals surface area contributed by atoms with Gasteiger partial charge in [0.25, 0.3) is 0 Å². The Morgan fingerprint density at radius 3 is 2.64 bits per heavy atom. The molecule has 2 saturated heterocycles. The highest BCUT2D eigenvalue weighted by atomic mass is 16.2. The minimum atomic E-state index is -0.214. The van der Waals surface area contributed by atoms with E-state index in [0.29, 0.717) is 26.1 Å². The van der Waals surface area contributed by atoms with Crippen LogP contribution in [0, 0.1) is 5.92 Å². The van der Waals surface area contributed by atoms with Crippen molar-refractivity contribution in [1.29, 1.82) is 0 Å². The highest BCUT2D eigenvalue weighted by molar-refractivity contribution is 5.89. The Hall–Kier alpha value is -1.88. The number of rotatable bonds is 5. The van der Waals surface area contributed by atoms with Gasteiger partial charge in [0.15, 0.2) is 0 Å². The maximum atomic E-state index is 12.9. The predicted octanol–water partition coefficient (Wildman–Crippen LogP) is 1.98. The molecule has 0 bridgehead atoms. The van der Waals surface area contributed by atoms with E-state index in [-0.39, 0.29) is 35.7 Å². The molecule has 2 N–H and O–H groups in total. The Labute approximate surface area is 150 Å². The summed E-state index contributed by atoms with van der Waals surface area (Å²) in [5.74, 6) is 0.168. The van der Waals surface area contributed by atoms with Crippen LogP contribution in [-0.2, 0) is 9.59 Å². The first-order valence-electron chi connectivity index (χ1n) is 9.40. The summed E-state index contributed by atoms with van der Waals surface area (Å²) in [5.41, 5.74) is 7.50. The zero-order valence-corrected chi connectivity index (χ0v) is 15.2. The summed E-state index contributed by atoms with van der Waals surface area (Å²) in [4.78, 5) is 29.0. The van der Waals surface area contributed by atoms with Crippen molar-refractivity contribution in [2.75, 3.05) is 19.6 Å². The van der Waals surface area contributed by atoms with Crippen LogP contribution >= 0.6 is 0 Å². The van der Waals surface area contributed by atoms with E-state index in [0.717, 1.165) is 12.8 Å². The summed E-state index contributed by atoms with van der Waals surface area (Å²) in [5, 5.41) is 0. The Balaban J connectivity index is 1.63. The molecule has 0 aliphatic carbocycles. The summed E-state index contributed by atoms with van der Waals surface area (Å²) in [7, 11) is 0. The summed E-state index contributed by atoms with van der Waals surface area (Å²) in [6.45, 7) is 5.98. The van der Waals surface area contributed by atoms with Crippen LogP contribution in [-0.4, -0.2) is 53.3 Å². The van der Waals surface area contributed by atoms with Gasteiger partial charge in [-0.1, -0.05) is 43.7 Å². The van der Waals surface area contributed by atoms with Crippen molar-refractivity contribution in [3.05, 3.63) is 35.9 Å². The zero-order valence-electron chi connectivity index (χ0n) is 15.2. The van der Waals surface area contributed by atoms with Crippen LogP contribution in [0.4, 0.5) is 0 Å². The number of carbonyl (C=O) groups excluding carboxylic acids is 2. The Morgan fingerprint density at radius 2 is 1.96 bits per heavy atom. The predicted molar refractivity (Wildman–Crippen MR) is 97.9 cm³/mol. The minimum absolute atomic E-state index is 0.0430. The van der Waals surface area contributed by atoms with Crippen molar-refractivity contribution in [2.45, 2.75) is 51.1 Å². The molecule has 2 aliphatic rings. The number of hydrogen-bond donors (Lipinski definition) is 1. The highest BCUT2D eigenvalue weighted by Gasteiger charge is 2.41. The van der Waals surface area contributed by atoms with Gasteiger partial charge in [0, 0.05) is 44.1 Å². The van der Waals surface area contributed by atoms with Crippen LogP contribution in [0.25, 0.3) is 0 Å².